The van der Waals surface area contributed by atoms with Crippen LogP contribution in [0.15, 0.2) is 17.2 Å². The maximum absolute atomic E-state index is 12.1. The third kappa shape index (κ3) is 3.58. The van der Waals surface area contributed by atoms with Crippen molar-refractivity contribution in [2.75, 3.05) is 31.7 Å². The third-order valence-electron chi connectivity index (χ3n) is 3.66. The molecule has 0 aromatic carbocycles. The summed E-state index contributed by atoms with van der Waals surface area (Å²) in [4.78, 5) is 18.5. The molecule has 6 heteroatoms. The maximum atomic E-state index is 12.1. The molecule has 0 spiro atoms. The number of ether oxygens (including phenoxy) is 1. The van der Waals surface area contributed by atoms with Crippen LogP contribution in [0.5, 0.6) is 0 Å². The summed E-state index contributed by atoms with van der Waals surface area (Å²) >= 11 is 0. The van der Waals surface area contributed by atoms with Gasteiger partial charge in [-0.3, -0.25) is 4.79 Å². The Morgan fingerprint density at radius 2 is 2.40 bits per heavy atom. The molecule has 0 bridgehead atoms. The van der Waals surface area contributed by atoms with Gasteiger partial charge in [-0.1, -0.05) is 0 Å². The van der Waals surface area contributed by atoms with Crippen LogP contribution >= 0.6 is 0 Å². The molecule has 2 rings (SSSR count). The Hall–Kier alpha value is -1.40. The number of hydrogen-bond acceptors (Lipinski definition) is 5. The van der Waals surface area contributed by atoms with Gasteiger partial charge in [0.15, 0.2) is 5.82 Å². The maximum Gasteiger partial charge on any atom is 0.293 e. The predicted molar refractivity (Wildman–Crippen MR) is 79.2 cm³/mol. The van der Waals surface area contributed by atoms with Crippen molar-refractivity contribution in [1.29, 1.82) is 0 Å². The third-order valence-corrected chi connectivity index (χ3v) is 3.66. The first-order valence-electron chi connectivity index (χ1n) is 7.13. The predicted octanol–water partition coefficient (Wildman–Crippen LogP) is 0.374. The fourth-order valence-corrected chi connectivity index (χ4v) is 2.71. The average Bonchev–Trinajstić information content (AvgIpc) is 2.42. The highest BCUT2D eigenvalue weighted by atomic mass is 16.5. The van der Waals surface area contributed by atoms with Crippen molar-refractivity contribution in [2.24, 2.45) is 7.05 Å². The zero-order valence-electron chi connectivity index (χ0n) is 12.5. The van der Waals surface area contributed by atoms with Crippen LogP contribution in [0.2, 0.25) is 0 Å². The molecule has 1 saturated heterocycles. The van der Waals surface area contributed by atoms with E-state index in [4.69, 9.17) is 4.74 Å². The van der Waals surface area contributed by atoms with E-state index in [0.29, 0.717) is 24.5 Å². The second kappa shape index (κ2) is 6.85. The Kier molecular flexibility index (Phi) is 5.14. The van der Waals surface area contributed by atoms with Crippen LogP contribution < -0.4 is 15.8 Å². The van der Waals surface area contributed by atoms with Gasteiger partial charge >= 0.3 is 0 Å². The van der Waals surface area contributed by atoms with Crippen LogP contribution in [-0.2, 0) is 11.8 Å². The minimum absolute atomic E-state index is 0.0295. The number of aromatic nitrogens is 2. The lowest BCUT2D eigenvalue weighted by Crippen LogP contribution is -2.51. The molecule has 2 atom stereocenters. The fourth-order valence-electron chi connectivity index (χ4n) is 2.71. The number of anilines is 1. The average molecular weight is 280 g/mol. The first kappa shape index (κ1) is 15.0. The SMILES string of the molecule is COCC(C)NC1CCCN(c2nccn(C)c2=O)C1. The molecule has 1 aromatic heterocycles. The minimum Gasteiger partial charge on any atom is -0.383 e. The Morgan fingerprint density at radius 1 is 1.60 bits per heavy atom. The Bertz CT molecular complexity index is 488. The highest BCUT2D eigenvalue weighted by Crippen LogP contribution is 2.14. The molecule has 2 unspecified atom stereocenters. The molecular weight excluding hydrogens is 256 g/mol. The monoisotopic (exact) mass is 280 g/mol. The molecule has 1 N–H and O–H groups in total. The van der Waals surface area contributed by atoms with Gasteiger partial charge in [0.25, 0.3) is 5.56 Å². The van der Waals surface area contributed by atoms with Gasteiger partial charge in [-0.15, -0.1) is 0 Å². The number of rotatable bonds is 5. The summed E-state index contributed by atoms with van der Waals surface area (Å²) in [5.41, 5.74) is -0.0295. The summed E-state index contributed by atoms with van der Waals surface area (Å²) in [6.45, 7) is 4.52. The van der Waals surface area contributed by atoms with Gasteiger partial charge in [-0.05, 0) is 19.8 Å². The highest BCUT2D eigenvalue weighted by molar-refractivity contribution is 5.36. The van der Waals surface area contributed by atoms with Crippen molar-refractivity contribution < 1.29 is 4.74 Å². The van der Waals surface area contributed by atoms with Crippen molar-refractivity contribution in [3.63, 3.8) is 0 Å². The Balaban J connectivity index is 2.03. The largest absolute Gasteiger partial charge is 0.383 e. The van der Waals surface area contributed by atoms with Gasteiger partial charge in [0, 0.05) is 51.7 Å². The van der Waals surface area contributed by atoms with Gasteiger partial charge in [-0.2, -0.15) is 0 Å². The number of nitrogens with one attached hydrogen (secondary N) is 1. The lowest BCUT2D eigenvalue weighted by Gasteiger charge is -2.35. The number of piperidine rings is 1. The number of methoxy groups -OCH3 is 1. The quantitative estimate of drug-likeness (QED) is 0.844. The van der Waals surface area contributed by atoms with Crippen LogP contribution in [0.1, 0.15) is 19.8 Å². The zero-order chi connectivity index (χ0) is 14.5. The van der Waals surface area contributed by atoms with Crippen LogP contribution in [0.3, 0.4) is 0 Å². The first-order valence-corrected chi connectivity index (χ1v) is 7.13. The summed E-state index contributed by atoms with van der Waals surface area (Å²) in [5, 5.41) is 3.55. The highest BCUT2D eigenvalue weighted by Gasteiger charge is 2.23. The van der Waals surface area contributed by atoms with Crippen molar-refractivity contribution in [3.05, 3.63) is 22.7 Å². The zero-order valence-corrected chi connectivity index (χ0v) is 12.5. The lowest BCUT2D eigenvalue weighted by atomic mass is 10.0. The molecule has 0 aliphatic carbocycles. The molecule has 1 fully saturated rings. The number of nitrogens with zero attached hydrogens (tertiary/aromatic N) is 3. The van der Waals surface area contributed by atoms with E-state index >= 15 is 0 Å². The van der Waals surface area contributed by atoms with Gasteiger partial charge < -0.3 is 19.5 Å². The molecule has 1 aliphatic rings. The lowest BCUT2D eigenvalue weighted by molar-refractivity contribution is 0.164. The topological polar surface area (TPSA) is 59.4 Å². The van der Waals surface area contributed by atoms with Crippen molar-refractivity contribution in [2.45, 2.75) is 31.8 Å². The molecule has 0 amide bonds. The molecule has 1 aromatic rings. The minimum atomic E-state index is -0.0295. The van der Waals surface area contributed by atoms with E-state index in [9.17, 15) is 4.79 Å². The molecular formula is C14H24N4O2. The van der Waals surface area contributed by atoms with E-state index in [1.54, 1.807) is 31.1 Å². The van der Waals surface area contributed by atoms with E-state index < -0.39 is 0 Å². The standard InChI is InChI=1S/C14H24N4O2/c1-11(10-20-3)16-12-5-4-7-18(9-12)13-14(19)17(2)8-6-15-13/h6,8,11-12,16H,4-5,7,9-10H2,1-3H3. The summed E-state index contributed by atoms with van der Waals surface area (Å²) in [6, 6.07) is 0.692. The van der Waals surface area contributed by atoms with Crippen molar-refractivity contribution >= 4 is 5.82 Å². The molecule has 2 heterocycles. The van der Waals surface area contributed by atoms with Crippen LogP contribution in [0.4, 0.5) is 5.82 Å². The van der Waals surface area contributed by atoms with Crippen molar-refractivity contribution in [1.82, 2.24) is 14.9 Å². The fraction of sp³-hybridized carbons (Fsp3) is 0.714. The summed E-state index contributed by atoms with van der Waals surface area (Å²) in [7, 11) is 3.47. The molecule has 0 saturated carbocycles. The summed E-state index contributed by atoms with van der Waals surface area (Å²) in [6.07, 6.45) is 5.56. The first-order chi connectivity index (χ1) is 9.61. The van der Waals surface area contributed by atoms with Crippen LogP contribution in [-0.4, -0.2) is 48.4 Å². The Morgan fingerprint density at radius 3 is 3.15 bits per heavy atom. The van der Waals surface area contributed by atoms with E-state index in [2.05, 4.69) is 22.1 Å². The van der Waals surface area contributed by atoms with E-state index in [-0.39, 0.29) is 5.56 Å². The normalized spacial score (nSPS) is 20.9. The Labute approximate surface area is 119 Å². The molecule has 6 nitrogen and oxygen atoms in total. The molecule has 0 radical (unpaired) electrons. The number of hydrogen-bond donors (Lipinski definition) is 1. The second-order valence-corrected chi connectivity index (χ2v) is 5.48. The molecule has 1 aliphatic heterocycles. The second-order valence-electron chi connectivity index (χ2n) is 5.48. The summed E-state index contributed by atoms with van der Waals surface area (Å²) in [5.74, 6) is 0.556. The molecule has 20 heavy (non-hydrogen) atoms. The van der Waals surface area contributed by atoms with Gasteiger partial charge in [0.05, 0.1) is 6.61 Å². The van der Waals surface area contributed by atoms with Gasteiger partial charge in [0.1, 0.15) is 0 Å². The van der Waals surface area contributed by atoms with Crippen molar-refractivity contribution in [3.8, 4) is 0 Å². The van der Waals surface area contributed by atoms with Crippen LogP contribution in [0, 0.1) is 0 Å². The summed E-state index contributed by atoms with van der Waals surface area (Å²) < 4.78 is 6.73. The van der Waals surface area contributed by atoms with E-state index in [1.165, 1.54) is 0 Å². The van der Waals surface area contributed by atoms with Gasteiger partial charge in [0.2, 0.25) is 0 Å². The van der Waals surface area contributed by atoms with Gasteiger partial charge in [-0.25, -0.2) is 4.98 Å². The van der Waals surface area contributed by atoms with Crippen LogP contribution in [0.25, 0.3) is 0 Å². The van der Waals surface area contributed by atoms with E-state index in [0.717, 1.165) is 25.9 Å². The van der Waals surface area contributed by atoms with E-state index in [1.807, 2.05) is 0 Å². The molecule has 112 valence electrons. The number of aryl methyl sites for hydroxylation is 1. The smallest absolute Gasteiger partial charge is 0.293 e.